The number of H-pyrrole nitrogens is 1. The molecule has 1 aromatic carbocycles. The molecule has 0 aliphatic carbocycles. The van der Waals surface area contributed by atoms with Crippen molar-refractivity contribution in [2.45, 2.75) is 19.8 Å². The van der Waals surface area contributed by atoms with Crippen LogP contribution in [-0.2, 0) is 5.92 Å². The van der Waals surface area contributed by atoms with E-state index in [-0.39, 0.29) is 11.2 Å². The molecule has 0 spiro atoms. The largest absolute Gasteiger partial charge is 0.333 e. The number of nitrogens with one attached hydrogen (secondary N) is 1. The molecule has 0 amide bonds. The van der Waals surface area contributed by atoms with Gasteiger partial charge in [0.25, 0.3) is 0 Å². The van der Waals surface area contributed by atoms with Crippen molar-refractivity contribution in [3.05, 3.63) is 72.4 Å². The zero-order valence-corrected chi connectivity index (χ0v) is 15.7. The second-order valence-electron chi connectivity index (χ2n) is 5.98. The third-order valence-corrected chi connectivity index (χ3v) is 4.30. The molecule has 9 heteroatoms. The van der Waals surface area contributed by atoms with Crippen LogP contribution in [0.15, 0.2) is 61.1 Å². The Morgan fingerprint density at radius 1 is 1.03 bits per heavy atom. The zero-order chi connectivity index (χ0) is 20.4. The lowest BCUT2D eigenvalue weighted by atomic mass is 10.0. The van der Waals surface area contributed by atoms with Crippen molar-refractivity contribution in [2.75, 3.05) is 0 Å². The van der Waals surface area contributed by atoms with Crippen molar-refractivity contribution in [1.29, 1.82) is 0 Å². The molecule has 0 unspecified atom stereocenters. The van der Waals surface area contributed by atoms with Gasteiger partial charge in [-0.2, -0.15) is 23.5 Å². The molecule has 5 rings (SSSR count). The molecule has 7 nitrogen and oxygen atoms in total. The smallest absolute Gasteiger partial charge is 0.285 e. The highest BCUT2D eigenvalue weighted by molar-refractivity contribution is 5.79. The van der Waals surface area contributed by atoms with Gasteiger partial charge in [-0.3, -0.25) is 10.1 Å². The van der Waals surface area contributed by atoms with Crippen molar-refractivity contribution in [2.24, 2.45) is 0 Å². The summed E-state index contributed by atoms with van der Waals surface area (Å²) in [7, 11) is 0. The zero-order valence-electron chi connectivity index (χ0n) is 15.7. The van der Waals surface area contributed by atoms with Crippen LogP contribution in [0.25, 0.3) is 27.8 Å². The monoisotopic (exact) mass is 393 g/mol. The maximum absolute atomic E-state index is 15.3. The molecule has 0 radical (unpaired) electrons. The molecule has 1 N–H and O–H groups in total. The molecule has 0 atom stereocenters. The molecule has 0 saturated carbocycles. The molecule has 0 aliphatic heterocycles. The van der Waals surface area contributed by atoms with E-state index in [4.69, 9.17) is 0 Å². The van der Waals surface area contributed by atoms with Crippen molar-refractivity contribution < 1.29 is 8.78 Å². The number of hydrogen-bond acceptors (Lipinski definition) is 5. The summed E-state index contributed by atoms with van der Waals surface area (Å²) in [6, 6.07) is 11.0. The fourth-order valence-electron chi connectivity index (χ4n) is 2.93. The minimum Gasteiger partial charge on any atom is -0.285 e. The number of hydrogen-bond donors (Lipinski definition) is 1. The molecule has 29 heavy (non-hydrogen) atoms. The van der Waals surface area contributed by atoms with Crippen molar-refractivity contribution in [3.8, 4) is 11.3 Å². The van der Waals surface area contributed by atoms with E-state index in [1.54, 1.807) is 48.9 Å². The fourth-order valence-corrected chi connectivity index (χ4v) is 2.93. The Morgan fingerprint density at radius 3 is 2.69 bits per heavy atom. The first-order valence-electron chi connectivity index (χ1n) is 9.08. The van der Waals surface area contributed by atoms with E-state index in [0.717, 1.165) is 4.52 Å². The topological polar surface area (TPSA) is 84.6 Å². The van der Waals surface area contributed by atoms with E-state index < -0.39 is 11.7 Å². The molecular weight excluding hydrogens is 376 g/mol. The van der Waals surface area contributed by atoms with Gasteiger partial charge >= 0.3 is 5.92 Å². The van der Waals surface area contributed by atoms with E-state index in [1.807, 2.05) is 13.8 Å². The molecule has 0 bridgehead atoms. The quantitative estimate of drug-likeness (QED) is 0.496. The number of benzene rings is 1. The van der Waals surface area contributed by atoms with Crippen LogP contribution in [0.1, 0.15) is 25.2 Å². The van der Waals surface area contributed by atoms with Gasteiger partial charge in [-0.05, 0) is 30.3 Å². The normalized spacial score (nSPS) is 11.4. The summed E-state index contributed by atoms with van der Waals surface area (Å²) in [5.74, 6) is -3.93. The van der Waals surface area contributed by atoms with Crippen LogP contribution in [0.3, 0.4) is 0 Å². The van der Waals surface area contributed by atoms with Crippen LogP contribution < -0.4 is 0 Å². The first kappa shape index (κ1) is 18.6. The lowest BCUT2D eigenvalue weighted by Crippen LogP contribution is -2.20. The maximum atomic E-state index is 15.3. The minimum absolute atomic E-state index is 0.201. The van der Waals surface area contributed by atoms with Crippen molar-refractivity contribution >= 4 is 16.6 Å². The van der Waals surface area contributed by atoms with E-state index in [2.05, 4.69) is 30.5 Å². The number of aromatic amines is 1. The highest BCUT2D eigenvalue weighted by Gasteiger charge is 2.40. The van der Waals surface area contributed by atoms with Gasteiger partial charge in [0, 0.05) is 28.9 Å². The van der Waals surface area contributed by atoms with Crippen LogP contribution in [-0.4, -0.2) is 35.0 Å². The maximum Gasteiger partial charge on any atom is 0.333 e. The first-order valence-corrected chi connectivity index (χ1v) is 9.08. The van der Waals surface area contributed by atoms with E-state index in [1.165, 1.54) is 12.1 Å². The average molecular weight is 393 g/mol. The Bertz CT molecular complexity index is 1260. The molecule has 4 aromatic heterocycles. The van der Waals surface area contributed by atoms with Crippen LogP contribution in [0, 0.1) is 0 Å². The molecule has 0 aliphatic rings. The number of pyridine rings is 1. The number of halogens is 2. The third kappa shape index (κ3) is 3.20. The summed E-state index contributed by atoms with van der Waals surface area (Å²) >= 11 is 0. The van der Waals surface area contributed by atoms with E-state index in [0.29, 0.717) is 22.2 Å². The summed E-state index contributed by atoms with van der Waals surface area (Å²) in [6.45, 7) is 4.00. The van der Waals surface area contributed by atoms with Gasteiger partial charge in [0.1, 0.15) is 0 Å². The van der Waals surface area contributed by atoms with Crippen molar-refractivity contribution in [1.82, 2.24) is 35.0 Å². The van der Waals surface area contributed by atoms with Gasteiger partial charge in [-0.15, -0.1) is 10.2 Å². The summed E-state index contributed by atoms with van der Waals surface area (Å²) in [5.41, 5.74) is 1.84. The fraction of sp³-hybridized carbons (Fsp3) is 0.150. The predicted octanol–water partition coefficient (Wildman–Crippen LogP) is 4.23. The van der Waals surface area contributed by atoms with E-state index >= 15 is 8.78 Å². The predicted molar refractivity (Wildman–Crippen MR) is 104 cm³/mol. The Morgan fingerprint density at radius 2 is 1.90 bits per heavy atom. The summed E-state index contributed by atoms with van der Waals surface area (Å²) in [5, 5.41) is 19.0. The van der Waals surface area contributed by atoms with Crippen molar-refractivity contribution in [3.63, 3.8) is 0 Å². The lowest BCUT2D eigenvalue weighted by molar-refractivity contribution is 0.0307. The van der Waals surface area contributed by atoms with Gasteiger partial charge in [-0.1, -0.05) is 26.0 Å². The molecule has 4 heterocycles. The highest BCUT2D eigenvalue weighted by Crippen LogP contribution is 2.35. The number of alkyl halides is 2. The number of nitrogens with zero attached hydrogens (tertiary/aromatic N) is 6. The molecule has 5 aromatic rings. The summed E-state index contributed by atoms with van der Waals surface area (Å²) < 4.78 is 31.6. The Hall–Kier alpha value is -3.75. The van der Waals surface area contributed by atoms with Crippen LogP contribution in [0.4, 0.5) is 8.78 Å². The second kappa shape index (κ2) is 7.34. The van der Waals surface area contributed by atoms with Gasteiger partial charge in [0.2, 0.25) is 5.82 Å². The summed E-state index contributed by atoms with van der Waals surface area (Å²) in [4.78, 5) is 4.16. The highest BCUT2D eigenvalue weighted by atomic mass is 19.3. The number of rotatable bonds is 3. The van der Waals surface area contributed by atoms with Crippen LogP contribution >= 0.6 is 0 Å². The minimum atomic E-state index is -3.38. The van der Waals surface area contributed by atoms with Crippen LogP contribution in [0.5, 0.6) is 0 Å². The Balaban J connectivity index is 0.000000994. The van der Waals surface area contributed by atoms with Gasteiger partial charge in [0.05, 0.1) is 17.4 Å². The van der Waals surface area contributed by atoms with E-state index in [9.17, 15) is 0 Å². The number of fused-ring (bicyclic) bond motifs is 2. The Kier molecular flexibility index (Phi) is 4.71. The molecule has 0 fully saturated rings. The molecular formula is C20H17F2N7. The SMILES string of the molecule is CC.FC(F)(c1ccc2ncccc2c1)c1nnc2ccc(-c3cn[nH]c3)nn12. The lowest BCUT2D eigenvalue weighted by Gasteiger charge is -2.15. The van der Waals surface area contributed by atoms with Gasteiger partial charge < -0.3 is 0 Å². The van der Waals surface area contributed by atoms with Crippen LogP contribution in [0.2, 0.25) is 0 Å². The average Bonchev–Trinajstić information content (AvgIpc) is 3.44. The first-order chi connectivity index (χ1) is 14.1. The Labute approximate surface area is 164 Å². The number of aromatic nitrogens is 7. The second-order valence-corrected chi connectivity index (χ2v) is 5.98. The third-order valence-electron chi connectivity index (χ3n) is 4.30. The van der Waals surface area contributed by atoms with Gasteiger partial charge in [0.15, 0.2) is 5.65 Å². The summed E-state index contributed by atoms with van der Waals surface area (Å²) in [6.07, 6.45) is 4.81. The standard InChI is InChI=1S/C18H11F2N7.C2H6/c19-18(20,13-3-4-14-11(8-13)2-1-7-21-14)17-25-24-16-6-5-15(26-27(16)17)12-9-22-23-10-12;1-2/h1-10H,(H,22,23);1-2H3. The van der Waals surface area contributed by atoms with Gasteiger partial charge in [-0.25, -0.2) is 0 Å². The molecule has 0 saturated heterocycles. The molecule has 146 valence electrons.